The van der Waals surface area contributed by atoms with Gasteiger partial charge >= 0.3 is 12.1 Å². The molecule has 2 amide bonds. The number of aryl methyl sites for hydroxylation is 3. The maximum Gasteiger partial charge on any atom is 0.393 e. The van der Waals surface area contributed by atoms with Crippen LogP contribution < -0.4 is 16.2 Å². The van der Waals surface area contributed by atoms with E-state index in [-0.39, 0.29) is 61.6 Å². The van der Waals surface area contributed by atoms with E-state index in [0.717, 1.165) is 0 Å². The number of hydrogen-bond donors (Lipinski definition) is 3. The third-order valence-electron chi connectivity index (χ3n) is 9.13. The number of hydrogen-bond acceptors (Lipinski definition) is 5. The van der Waals surface area contributed by atoms with Crippen LogP contribution in [-0.2, 0) is 16.1 Å². The van der Waals surface area contributed by atoms with E-state index < -0.39 is 65.6 Å². The minimum Gasteiger partial charge on any atom is -0.481 e. The van der Waals surface area contributed by atoms with Gasteiger partial charge in [-0.1, -0.05) is 13.8 Å². The number of aliphatic carboxylic acids is 1. The van der Waals surface area contributed by atoms with Crippen LogP contribution in [0.2, 0.25) is 0 Å². The summed E-state index contributed by atoms with van der Waals surface area (Å²) in [4.78, 5) is 54.0. The predicted molar refractivity (Wildman–Crippen MR) is 181 cm³/mol. The van der Waals surface area contributed by atoms with Crippen molar-refractivity contribution in [1.29, 1.82) is 0 Å². The van der Waals surface area contributed by atoms with Gasteiger partial charge in [-0.2, -0.15) is 13.2 Å². The molecular formula is C37H43F5N4O5. The lowest BCUT2D eigenvalue weighted by Gasteiger charge is -2.25. The highest BCUT2D eigenvalue weighted by molar-refractivity contribution is 5.97. The Morgan fingerprint density at radius 2 is 1.65 bits per heavy atom. The Hall–Kier alpha value is -4.59. The number of nitrogens with zero attached hydrogens (tertiary/aromatic N) is 2. The Morgan fingerprint density at radius 1 is 0.980 bits per heavy atom. The Labute approximate surface area is 292 Å². The minimum atomic E-state index is -4.30. The molecule has 9 nitrogen and oxygen atoms in total. The summed E-state index contributed by atoms with van der Waals surface area (Å²) < 4.78 is 70.3. The van der Waals surface area contributed by atoms with Crippen molar-refractivity contribution in [2.24, 2.45) is 11.8 Å². The van der Waals surface area contributed by atoms with Crippen LogP contribution in [0.3, 0.4) is 0 Å². The molecule has 0 radical (unpaired) electrons. The fourth-order valence-corrected chi connectivity index (χ4v) is 6.62. The van der Waals surface area contributed by atoms with Gasteiger partial charge in [0, 0.05) is 31.4 Å². The third-order valence-corrected chi connectivity index (χ3v) is 9.13. The molecule has 1 fully saturated rings. The molecule has 0 bridgehead atoms. The molecule has 1 saturated heterocycles. The van der Waals surface area contributed by atoms with Crippen molar-refractivity contribution in [1.82, 2.24) is 20.1 Å². The molecule has 2 aromatic carbocycles. The topological polar surface area (TPSA) is 121 Å². The number of halogens is 5. The number of likely N-dealkylation sites (tertiary alicyclic amines) is 1. The summed E-state index contributed by atoms with van der Waals surface area (Å²) >= 11 is 0. The molecule has 51 heavy (non-hydrogen) atoms. The van der Waals surface area contributed by atoms with Crippen LogP contribution in [0.1, 0.15) is 71.8 Å². The van der Waals surface area contributed by atoms with Gasteiger partial charge in [0.2, 0.25) is 5.91 Å². The van der Waals surface area contributed by atoms with E-state index in [1.54, 1.807) is 38.7 Å². The molecule has 1 aliphatic rings. The maximum absolute atomic E-state index is 15.7. The first kappa shape index (κ1) is 39.2. The van der Waals surface area contributed by atoms with Gasteiger partial charge in [-0.25, -0.2) is 8.78 Å². The van der Waals surface area contributed by atoms with Crippen molar-refractivity contribution < 1.29 is 41.4 Å². The Kier molecular flexibility index (Phi) is 12.4. The SMILES string of the molecule is Cc1cc(-c2c(C)cc(F)cc2C)cc([C@H](CC(=O)O)NC(=O)[C@H](CC(C)C)NC(=O)c2cccn(CCN3CC[C@@H](C(F)(F)F)C3)c2=O)c1F. The van der Waals surface area contributed by atoms with Crippen molar-refractivity contribution in [3.05, 3.63) is 92.4 Å². The Balaban J connectivity index is 1.57. The smallest absolute Gasteiger partial charge is 0.393 e. The van der Waals surface area contributed by atoms with Crippen molar-refractivity contribution in [3.63, 3.8) is 0 Å². The number of nitrogens with one attached hydrogen (secondary N) is 2. The van der Waals surface area contributed by atoms with E-state index in [1.165, 1.54) is 48.0 Å². The maximum atomic E-state index is 15.7. The number of carboxylic acids is 1. The second-order valence-electron chi connectivity index (χ2n) is 13.7. The van der Waals surface area contributed by atoms with Gasteiger partial charge in [0.25, 0.3) is 11.5 Å². The lowest BCUT2D eigenvalue weighted by Crippen LogP contribution is -2.49. The average Bonchev–Trinajstić information content (AvgIpc) is 3.50. The molecule has 0 saturated carbocycles. The molecular weight excluding hydrogens is 675 g/mol. The number of carboxylic acid groups (broad SMARTS) is 1. The average molecular weight is 719 g/mol. The van der Waals surface area contributed by atoms with E-state index in [1.807, 2.05) is 0 Å². The molecule has 4 rings (SSSR count). The van der Waals surface area contributed by atoms with Gasteiger partial charge in [-0.05, 0) is 110 Å². The summed E-state index contributed by atoms with van der Waals surface area (Å²) in [7, 11) is 0. The van der Waals surface area contributed by atoms with E-state index in [9.17, 15) is 41.8 Å². The zero-order chi connectivity index (χ0) is 37.8. The molecule has 1 aromatic heterocycles. The summed E-state index contributed by atoms with van der Waals surface area (Å²) in [5.74, 6) is -5.77. The van der Waals surface area contributed by atoms with Crippen LogP contribution in [0, 0.1) is 44.2 Å². The Morgan fingerprint density at radius 3 is 2.24 bits per heavy atom. The number of rotatable bonds is 13. The van der Waals surface area contributed by atoms with Crippen LogP contribution >= 0.6 is 0 Å². The zero-order valence-electron chi connectivity index (χ0n) is 29.2. The van der Waals surface area contributed by atoms with Gasteiger partial charge < -0.3 is 25.2 Å². The number of alkyl halides is 3. The monoisotopic (exact) mass is 718 g/mol. The van der Waals surface area contributed by atoms with Crippen LogP contribution in [0.25, 0.3) is 11.1 Å². The van der Waals surface area contributed by atoms with E-state index in [2.05, 4.69) is 10.6 Å². The summed E-state index contributed by atoms with van der Waals surface area (Å²) in [6.07, 6.45) is -3.51. The minimum absolute atomic E-state index is 0.0290. The summed E-state index contributed by atoms with van der Waals surface area (Å²) in [5, 5.41) is 14.9. The highest BCUT2D eigenvalue weighted by Crippen LogP contribution is 2.35. The second kappa shape index (κ2) is 16.2. The van der Waals surface area contributed by atoms with Crippen LogP contribution in [-0.4, -0.2) is 64.2 Å². The second-order valence-corrected chi connectivity index (χ2v) is 13.7. The number of pyridine rings is 1. The van der Waals surface area contributed by atoms with Crippen molar-refractivity contribution in [2.45, 2.75) is 78.7 Å². The van der Waals surface area contributed by atoms with Gasteiger partial charge in [-0.3, -0.25) is 19.2 Å². The Bertz CT molecular complexity index is 1820. The molecule has 3 atom stereocenters. The molecule has 276 valence electrons. The van der Waals surface area contributed by atoms with Gasteiger partial charge in [0.05, 0.1) is 18.4 Å². The van der Waals surface area contributed by atoms with Gasteiger partial charge in [-0.15, -0.1) is 0 Å². The molecule has 0 aliphatic carbocycles. The number of carbonyl (C=O) groups excluding carboxylic acids is 2. The first-order chi connectivity index (χ1) is 23.8. The first-order valence-electron chi connectivity index (χ1n) is 16.7. The number of aromatic nitrogens is 1. The highest BCUT2D eigenvalue weighted by atomic mass is 19.4. The third kappa shape index (κ3) is 9.81. The van der Waals surface area contributed by atoms with Crippen molar-refractivity contribution in [2.75, 3.05) is 19.6 Å². The summed E-state index contributed by atoms with van der Waals surface area (Å²) in [6, 6.07) is 5.75. The quantitative estimate of drug-likeness (QED) is 0.185. The lowest BCUT2D eigenvalue weighted by atomic mass is 9.90. The number of carbonyl (C=O) groups is 3. The highest BCUT2D eigenvalue weighted by Gasteiger charge is 2.43. The fraction of sp³-hybridized carbons (Fsp3) is 0.459. The van der Waals surface area contributed by atoms with Crippen molar-refractivity contribution >= 4 is 17.8 Å². The predicted octanol–water partition coefficient (Wildman–Crippen LogP) is 6.08. The normalized spacial score (nSPS) is 16.3. The van der Waals surface area contributed by atoms with Crippen molar-refractivity contribution in [3.8, 4) is 11.1 Å². The van der Waals surface area contributed by atoms with Crippen LogP contribution in [0.5, 0.6) is 0 Å². The largest absolute Gasteiger partial charge is 0.481 e. The van der Waals surface area contributed by atoms with Gasteiger partial charge in [0.15, 0.2) is 0 Å². The summed E-state index contributed by atoms with van der Waals surface area (Å²) in [5.41, 5.74) is 1.36. The first-order valence-corrected chi connectivity index (χ1v) is 16.7. The molecule has 3 aromatic rings. The van der Waals surface area contributed by atoms with E-state index >= 15 is 4.39 Å². The fourth-order valence-electron chi connectivity index (χ4n) is 6.62. The molecule has 0 unspecified atom stereocenters. The van der Waals surface area contributed by atoms with Gasteiger partial charge in [0.1, 0.15) is 23.2 Å². The molecule has 14 heteroatoms. The standard InChI is InChI=1S/C37H43F5N4O5/c1-20(2)13-30(44-34(49)27-7-6-9-46(36(27)51)12-11-45-10-8-25(19-45)37(40,41)42)35(50)43-29(18-31(47)48)28-17-24(14-23(5)33(28)39)32-21(3)15-26(38)16-22(32)4/h6-7,9,14-17,20,25,29-30H,8,10-13,18-19H2,1-5H3,(H,43,50)(H,44,49)(H,47,48)/t25-,29+,30+/m1/s1. The number of benzene rings is 2. The molecule has 0 spiro atoms. The van der Waals surface area contributed by atoms with Crippen LogP contribution in [0.15, 0.2) is 47.4 Å². The molecule has 3 N–H and O–H groups in total. The summed E-state index contributed by atoms with van der Waals surface area (Å²) in [6.45, 7) is 8.73. The van der Waals surface area contributed by atoms with E-state index in [0.29, 0.717) is 22.3 Å². The molecule has 2 heterocycles. The lowest BCUT2D eigenvalue weighted by molar-refractivity contribution is -0.170. The number of amides is 2. The van der Waals surface area contributed by atoms with E-state index in [4.69, 9.17) is 0 Å². The zero-order valence-corrected chi connectivity index (χ0v) is 29.2. The molecule has 1 aliphatic heterocycles. The van der Waals surface area contributed by atoms with Crippen LogP contribution in [0.4, 0.5) is 22.0 Å².